The Bertz CT molecular complexity index is 836. The predicted octanol–water partition coefficient (Wildman–Crippen LogP) is 4.78. The molecular formula is C18H16Cl2IN3O2. The summed E-state index contributed by atoms with van der Waals surface area (Å²) < 4.78 is 1.09. The zero-order valence-corrected chi connectivity index (χ0v) is 17.5. The van der Waals surface area contributed by atoms with Gasteiger partial charge in [0.25, 0.3) is 0 Å². The molecule has 0 bridgehead atoms. The van der Waals surface area contributed by atoms with Crippen LogP contribution >= 0.6 is 45.8 Å². The molecule has 26 heavy (non-hydrogen) atoms. The van der Waals surface area contributed by atoms with E-state index in [0.717, 1.165) is 14.8 Å². The number of hydrogen-bond donors (Lipinski definition) is 2. The number of anilines is 1. The summed E-state index contributed by atoms with van der Waals surface area (Å²) in [6, 6.07) is 10.8. The molecule has 0 radical (unpaired) electrons. The van der Waals surface area contributed by atoms with Gasteiger partial charge in [-0.05, 0) is 65.4 Å². The van der Waals surface area contributed by atoms with E-state index in [1.54, 1.807) is 18.2 Å². The third-order valence-corrected chi connectivity index (χ3v) is 4.75. The van der Waals surface area contributed by atoms with Crippen molar-refractivity contribution in [2.75, 3.05) is 5.32 Å². The highest BCUT2D eigenvalue weighted by molar-refractivity contribution is 14.1. The maximum Gasteiger partial charge on any atom is 0.240 e. The van der Waals surface area contributed by atoms with Crippen molar-refractivity contribution < 1.29 is 9.59 Å². The maximum absolute atomic E-state index is 12.0. The van der Waals surface area contributed by atoms with Crippen LogP contribution in [-0.4, -0.2) is 18.0 Å². The number of carbonyl (C=O) groups is 2. The van der Waals surface area contributed by atoms with E-state index >= 15 is 0 Å². The van der Waals surface area contributed by atoms with Gasteiger partial charge in [0.15, 0.2) is 0 Å². The van der Waals surface area contributed by atoms with Gasteiger partial charge in [0.1, 0.15) is 0 Å². The summed E-state index contributed by atoms with van der Waals surface area (Å²) in [6.07, 6.45) is 1.44. The van der Waals surface area contributed by atoms with E-state index in [-0.39, 0.29) is 24.7 Å². The molecule has 2 rings (SSSR count). The number of nitrogens with zero attached hydrogens (tertiary/aromatic N) is 1. The Morgan fingerprint density at radius 3 is 2.42 bits per heavy atom. The first-order chi connectivity index (χ1) is 12.4. The summed E-state index contributed by atoms with van der Waals surface area (Å²) in [5, 5.41) is 7.48. The molecule has 0 fully saturated rings. The quantitative estimate of drug-likeness (QED) is 0.338. The van der Waals surface area contributed by atoms with Crippen molar-refractivity contribution in [3.8, 4) is 0 Å². The fraction of sp³-hybridized carbons (Fsp3) is 0.167. The maximum atomic E-state index is 12.0. The molecule has 0 aliphatic rings. The van der Waals surface area contributed by atoms with Crippen molar-refractivity contribution >= 4 is 69.5 Å². The molecule has 0 saturated carbocycles. The number of benzene rings is 2. The zero-order valence-electron chi connectivity index (χ0n) is 13.9. The topological polar surface area (TPSA) is 70.6 Å². The lowest BCUT2D eigenvalue weighted by Crippen LogP contribution is -2.21. The van der Waals surface area contributed by atoms with Crippen LogP contribution in [-0.2, 0) is 9.59 Å². The first-order valence-corrected chi connectivity index (χ1v) is 9.52. The fourth-order valence-electron chi connectivity index (χ4n) is 2.07. The van der Waals surface area contributed by atoms with Gasteiger partial charge in [-0.1, -0.05) is 29.3 Å². The highest BCUT2D eigenvalue weighted by atomic mass is 127. The van der Waals surface area contributed by atoms with Gasteiger partial charge in [-0.2, -0.15) is 5.10 Å². The van der Waals surface area contributed by atoms with Gasteiger partial charge in [-0.15, -0.1) is 0 Å². The summed E-state index contributed by atoms with van der Waals surface area (Å²) in [4.78, 5) is 23.8. The second-order valence-electron chi connectivity index (χ2n) is 5.44. The molecule has 0 spiro atoms. The SMILES string of the molecule is Cc1cc(I)ccc1NC(=O)CCC(=O)N/N=C/c1c(Cl)cccc1Cl. The summed E-state index contributed by atoms with van der Waals surface area (Å²) in [5.74, 6) is -0.610. The molecule has 8 heteroatoms. The second-order valence-corrected chi connectivity index (χ2v) is 7.50. The third kappa shape index (κ3) is 6.26. The van der Waals surface area contributed by atoms with E-state index in [4.69, 9.17) is 23.2 Å². The van der Waals surface area contributed by atoms with Crippen LogP contribution in [0.1, 0.15) is 24.0 Å². The van der Waals surface area contributed by atoms with Gasteiger partial charge < -0.3 is 5.32 Å². The Balaban J connectivity index is 1.81. The molecule has 5 nitrogen and oxygen atoms in total. The van der Waals surface area contributed by atoms with E-state index in [1.807, 2.05) is 25.1 Å². The van der Waals surface area contributed by atoms with Crippen molar-refractivity contribution in [3.63, 3.8) is 0 Å². The van der Waals surface area contributed by atoms with E-state index in [9.17, 15) is 9.59 Å². The lowest BCUT2D eigenvalue weighted by molar-refractivity contribution is -0.124. The summed E-state index contributed by atoms with van der Waals surface area (Å²) >= 11 is 14.2. The zero-order chi connectivity index (χ0) is 19.1. The molecule has 2 aromatic carbocycles. The largest absolute Gasteiger partial charge is 0.326 e. The van der Waals surface area contributed by atoms with Gasteiger partial charge in [-0.3, -0.25) is 9.59 Å². The Morgan fingerprint density at radius 1 is 1.12 bits per heavy atom. The molecule has 0 saturated heterocycles. The minimum Gasteiger partial charge on any atom is -0.326 e. The van der Waals surface area contributed by atoms with Crippen LogP contribution in [0.2, 0.25) is 10.0 Å². The molecule has 0 unspecified atom stereocenters. The number of hydrogen-bond acceptors (Lipinski definition) is 3. The van der Waals surface area contributed by atoms with Gasteiger partial charge in [-0.25, -0.2) is 5.43 Å². The van der Waals surface area contributed by atoms with E-state index in [1.165, 1.54) is 6.21 Å². The number of nitrogens with one attached hydrogen (secondary N) is 2. The van der Waals surface area contributed by atoms with E-state index in [2.05, 4.69) is 38.4 Å². The van der Waals surface area contributed by atoms with E-state index < -0.39 is 0 Å². The first-order valence-electron chi connectivity index (χ1n) is 7.68. The number of carbonyl (C=O) groups excluding carboxylic acids is 2. The summed E-state index contributed by atoms with van der Waals surface area (Å²) in [5.41, 5.74) is 4.58. The Hall–Kier alpha value is -1.64. The average molecular weight is 504 g/mol. The van der Waals surface area contributed by atoms with Crippen molar-refractivity contribution in [1.82, 2.24) is 5.43 Å². The number of rotatable bonds is 6. The van der Waals surface area contributed by atoms with Crippen LogP contribution in [0.25, 0.3) is 0 Å². The normalized spacial score (nSPS) is 10.8. The average Bonchev–Trinajstić information content (AvgIpc) is 2.58. The van der Waals surface area contributed by atoms with Gasteiger partial charge in [0.2, 0.25) is 11.8 Å². The molecule has 0 heterocycles. The van der Waals surface area contributed by atoms with Gasteiger partial charge in [0.05, 0.1) is 16.3 Å². The summed E-state index contributed by atoms with van der Waals surface area (Å²) in [7, 11) is 0. The number of hydrazone groups is 1. The minimum atomic E-state index is -0.376. The highest BCUT2D eigenvalue weighted by Crippen LogP contribution is 2.22. The van der Waals surface area contributed by atoms with Crippen LogP contribution in [0.5, 0.6) is 0 Å². The lowest BCUT2D eigenvalue weighted by Gasteiger charge is -2.08. The van der Waals surface area contributed by atoms with Crippen molar-refractivity contribution in [1.29, 1.82) is 0 Å². The standard InChI is InChI=1S/C18H16Cl2IN3O2/c1-11-9-12(21)5-6-16(11)23-17(25)7-8-18(26)24-22-10-13-14(19)3-2-4-15(13)20/h2-6,9-10H,7-8H2,1H3,(H,23,25)(H,24,26)/b22-10+. The highest BCUT2D eigenvalue weighted by Gasteiger charge is 2.08. The first kappa shape index (κ1) is 20.7. The third-order valence-electron chi connectivity index (χ3n) is 3.42. The molecule has 136 valence electrons. The monoisotopic (exact) mass is 503 g/mol. The van der Waals surface area contributed by atoms with Crippen molar-refractivity contribution in [2.45, 2.75) is 19.8 Å². The fourth-order valence-corrected chi connectivity index (χ4v) is 3.21. The van der Waals surface area contributed by atoms with Crippen LogP contribution in [0.15, 0.2) is 41.5 Å². The lowest BCUT2D eigenvalue weighted by atomic mass is 10.2. The molecule has 0 aliphatic carbocycles. The van der Waals surface area contributed by atoms with Crippen LogP contribution in [0.3, 0.4) is 0 Å². The summed E-state index contributed by atoms with van der Waals surface area (Å²) in [6.45, 7) is 1.92. The Morgan fingerprint density at radius 2 is 1.77 bits per heavy atom. The van der Waals surface area contributed by atoms with Crippen LogP contribution < -0.4 is 10.7 Å². The van der Waals surface area contributed by atoms with Gasteiger partial charge in [0, 0.05) is 27.7 Å². The second kappa shape index (κ2) is 9.89. The van der Waals surface area contributed by atoms with E-state index in [0.29, 0.717) is 15.6 Å². The molecule has 2 aromatic rings. The predicted molar refractivity (Wildman–Crippen MR) is 114 cm³/mol. The number of halogens is 3. The molecular weight excluding hydrogens is 488 g/mol. The molecule has 2 N–H and O–H groups in total. The van der Waals surface area contributed by atoms with Crippen LogP contribution in [0.4, 0.5) is 5.69 Å². The number of aryl methyl sites for hydroxylation is 1. The Labute approximate surface area is 175 Å². The van der Waals surface area contributed by atoms with Crippen molar-refractivity contribution in [3.05, 3.63) is 61.1 Å². The minimum absolute atomic E-state index is 0.0167. The van der Waals surface area contributed by atoms with Gasteiger partial charge >= 0.3 is 0 Å². The Kier molecular flexibility index (Phi) is 7.86. The van der Waals surface area contributed by atoms with Crippen LogP contribution in [0, 0.1) is 10.5 Å². The molecule has 2 amide bonds. The molecule has 0 atom stereocenters. The van der Waals surface area contributed by atoms with Crippen molar-refractivity contribution in [2.24, 2.45) is 5.10 Å². The molecule has 0 aliphatic heterocycles. The molecule has 0 aromatic heterocycles. The number of amides is 2. The smallest absolute Gasteiger partial charge is 0.240 e.